The second kappa shape index (κ2) is 7.96. The molecule has 0 bridgehead atoms. The van der Waals surface area contributed by atoms with Gasteiger partial charge in [0.2, 0.25) is 5.91 Å². The van der Waals surface area contributed by atoms with E-state index >= 15 is 0 Å². The number of hydrogen-bond acceptors (Lipinski definition) is 4. The third-order valence-electron chi connectivity index (χ3n) is 4.33. The van der Waals surface area contributed by atoms with E-state index in [0.717, 1.165) is 45.3 Å². The predicted octanol–water partition coefficient (Wildman–Crippen LogP) is 1.16. The minimum absolute atomic E-state index is 0.0715. The monoisotopic (exact) mass is 284 g/mol. The molecule has 5 heteroatoms. The maximum Gasteiger partial charge on any atom is 0.227 e. The molecule has 2 saturated heterocycles. The third-order valence-corrected chi connectivity index (χ3v) is 4.33. The van der Waals surface area contributed by atoms with Crippen molar-refractivity contribution in [2.75, 3.05) is 32.8 Å². The average Bonchev–Trinajstić information content (AvgIpc) is 3.12. The first kappa shape index (κ1) is 15.7. The Bertz CT molecular complexity index is 277. The summed E-state index contributed by atoms with van der Waals surface area (Å²) in [6.07, 6.45) is 5.47. The average molecular weight is 284 g/mol. The second-order valence-corrected chi connectivity index (χ2v) is 5.85. The van der Waals surface area contributed by atoms with E-state index in [0.29, 0.717) is 19.6 Å². The van der Waals surface area contributed by atoms with Crippen molar-refractivity contribution >= 4 is 5.91 Å². The van der Waals surface area contributed by atoms with Crippen LogP contribution >= 0.6 is 0 Å². The van der Waals surface area contributed by atoms with E-state index in [2.05, 4.69) is 0 Å². The number of carbonyl (C=O) groups is 1. The van der Waals surface area contributed by atoms with Gasteiger partial charge >= 0.3 is 0 Å². The molecular weight excluding hydrogens is 256 g/mol. The zero-order valence-electron chi connectivity index (χ0n) is 12.6. The van der Waals surface area contributed by atoms with Gasteiger partial charge in [-0.1, -0.05) is 6.92 Å². The standard InChI is InChI=1S/C15H28N2O3/c1-2-12(9-16)15(18)17(10-13-5-3-7-19-13)11-14-6-4-8-20-14/h12-14H,2-11,16H2,1H3. The molecule has 5 nitrogen and oxygen atoms in total. The van der Waals surface area contributed by atoms with E-state index in [1.165, 1.54) is 0 Å². The Morgan fingerprint density at radius 1 is 1.20 bits per heavy atom. The molecule has 2 rings (SSSR count). The van der Waals surface area contributed by atoms with Gasteiger partial charge in [-0.3, -0.25) is 4.79 Å². The normalized spacial score (nSPS) is 27.7. The van der Waals surface area contributed by atoms with E-state index in [-0.39, 0.29) is 24.0 Å². The molecule has 1 amide bonds. The molecular formula is C15H28N2O3. The van der Waals surface area contributed by atoms with Gasteiger partial charge in [-0.05, 0) is 32.1 Å². The summed E-state index contributed by atoms with van der Waals surface area (Å²) in [5.74, 6) is 0.0961. The van der Waals surface area contributed by atoms with Crippen molar-refractivity contribution < 1.29 is 14.3 Å². The number of carbonyl (C=O) groups excluding carboxylic acids is 1. The van der Waals surface area contributed by atoms with Crippen molar-refractivity contribution in [3.63, 3.8) is 0 Å². The fraction of sp³-hybridized carbons (Fsp3) is 0.933. The van der Waals surface area contributed by atoms with Crippen molar-refractivity contribution in [1.82, 2.24) is 4.90 Å². The molecule has 2 aliphatic rings. The minimum atomic E-state index is -0.0715. The lowest BCUT2D eigenvalue weighted by Crippen LogP contribution is -2.46. The Hall–Kier alpha value is -0.650. The van der Waals surface area contributed by atoms with E-state index in [4.69, 9.17) is 15.2 Å². The van der Waals surface area contributed by atoms with Crippen LogP contribution < -0.4 is 5.73 Å². The maximum absolute atomic E-state index is 12.6. The summed E-state index contributed by atoms with van der Waals surface area (Å²) >= 11 is 0. The van der Waals surface area contributed by atoms with E-state index in [1.54, 1.807) is 0 Å². The Balaban J connectivity index is 1.95. The highest BCUT2D eigenvalue weighted by atomic mass is 16.5. The highest BCUT2D eigenvalue weighted by Gasteiger charge is 2.29. The summed E-state index contributed by atoms with van der Waals surface area (Å²) in [5.41, 5.74) is 5.73. The number of nitrogens with two attached hydrogens (primary N) is 1. The zero-order valence-corrected chi connectivity index (χ0v) is 12.6. The Morgan fingerprint density at radius 3 is 2.10 bits per heavy atom. The molecule has 0 aromatic rings. The molecule has 2 N–H and O–H groups in total. The van der Waals surface area contributed by atoms with Gasteiger partial charge in [0.1, 0.15) is 0 Å². The molecule has 2 aliphatic heterocycles. The molecule has 2 heterocycles. The molecule has 3 atom stereocenters. The summed E-state index contributed by atoms with van der Waals surface area (Å²) in [4.78, 5) is 14.6. The van der Waals surface area contributed by atoms with Gasteiger partial charge in [0, 0.05) is 32.8 Å². The minimum Gasteiger partial charge on any atom is -0.376 e. The second-order valence-electron chi connectivity index (χ2n) is 5.85. The van der Waals surface area contributed by atoms with Gasteiger partial charge in [0.05, 0.1) is 18.1 Å². The van der Waals surface area contributed by atoms with Gasteiger partial charge < -0.3 is 20.1 Å². The van der Waals surface area contributed by atoms with Gasteiger partial charge in [0.25, 0.3) is 0 Å². The van der Waals surface area contributed by atoms with Gasteiger partial charge in [0.15, 0.2) is 0 Å². The fourth-order valence-electron chi connectivity index (χ4n) is 3.02. The lowest BCUT2D eigenvalue weighted by atomic mass is 10.0. The summed E-state index contributed by atoms with van der Waals surface area (Å²) < 4.78 is 11.4. The van der Waals surface area contributed by atoms with Crippen molar-refractivity contribution in [3.05, 3.63) is 0 Å². The lowest BCUT2D eigenvalue weighted by molar-refractivity contribution is -0.138. The largest absolute Gasteiger partial charge is 0.376 e. The van der Waals surface area contributed by atoms with Crippen LogP contribution in [0.25, 0.3) is 0 Å². The molecule has 0 radical (unpaired) electrons. The number of amides is 1. The van der Waals surface area contributed by atoms with Crippen molar-refractivity contribution in [3.8, 4) is 0 Å². The van der Waals surface area contributed by atoms with Crippen LogP contribution in [0.1, 0.15) is 39.0 Å². The molecule has 0 saturated carbocycles. The van der Waals surface area contributed by atoms with Gasteiger partial charge in [-0.15, -0.1) is 0 Å². The van der Waals surface area contributed by atoms with Crippen LogP contribution in [-0.4, -0.2) is 55.9 Å². The number of rotatable bonds is 7. The summed E-state index contributed by atoms with van der Waals surface area (Å²) in [6, 6.07) is 0. The van der Waals surface area contributed by atoms with Crippen LogP contribution in [0.4, 0.5) is 0 Å². The van der Waals surface area contributed by atoms with Crippen molar-refractivity contribution in [1.29, 1.82) is 0 Å². The predicted molar refractivity (Wildman–Crippen MR) is 77.4 cm³/mol. The lowest BCUT2D eigenvalue weighted by Gasteiger charge is -2.30. The SMILES string of the molecule is CCC(CN)C(=O)N(CC1CCCO1)CC1CCCO1. The van der Waals surface area contributed by atoms with Crippen LogP contribution in [-0.2, 0) is 14.3 Å². The van der Waals surface area contributed by atoms with Crippen molar-refractivity contribution in [2.24, 2.45) is 11.7 Å². The van der Waals surface area contributed by atoms with Crippen LogP contribution in [0.5, 0.6) is 0 Å². The molecule has 0 spiro atoms. The van der Waals surface area contributed by atoms with Crippen molar-refractivity contribution in [2.45, 2.75) is 51.2 Å². The highest BCUT2D eigenvalue weighted by Crippen LogP contribution is 2.19. The van der Waals surface area contributed by atoms with Crippen LogP contribution in [0, 0.1) is 5.92 Å². The first-order valence-electron chi connectivity index (χ1n) is 7.96. The first-order valence-corrected chi connectivity index (χ1v) is 7.96. The molecule has 0 aliphatic carbocycles. The molecule has 116 valence electrons. The molecule has 0 aromatic carbocycles. The fourth-order valence-corrected chi connectivity index (χ4v) is 3.02. The molecule has 2 fully saturated rings. The van der Waals surface area contributed by atoms with E-state index < -0.39 is 0 Å². The van der Waals surface area contributed by atoms with E-state index in [1.807, 2.05) is 11.8 Å². The summed E-state index contributed by atoms with van der Waals surface area (Å²) in [5, 5.41) is 0. The highest BCUT2D eigenvalue weighted by molar-refractivity contribution is 5.79. The number of hydrogen-bond donors (Lipinski definition) is 1. The maximum atomic E-state index is 12.6. The smallest absolute Gasteiger partial charge is 0.227 e. The summed E-state index contributed by atoms with van der Waals surface area (Å²) in [6.45, 7) is 5.46. The van der Waals surface area contributed by atoms with Crippen LogP contribution in [0.3, 0.4) is 0 Å². The Kier molecular flexibility index (Phi) is 6.26. The molecule has 3 unspecified atom stereocenters. The Morgan fingerprint density at radius 2 is 1.75 bits per heavy atom. The number of ether oxygens (including phenoxy) is 2. The Labute approximate surface area is 121 Å². The van der Waals surface area contributed by atoms with E-state index in [9.17, 15) is 4.79 Å². The third kappa shape index (κ3) is 4.17. The quantitative estimate of drug-likeness (QED) is 0.762. The van der Waals surface area contributed by atoms with Gasteiger partial charge in [-0.2, -0.15) is 0 Å². The summed E-state index contributed by atoms with van der Waals surface area (Å²) in [7, 11) is 0. The molecule has 20 heavy (non-hydrogen) atoms. The van der Waals surface area contributed by atoms with Crippen LogP contribution in [0.2, 0.25) is 0 Å². The number of nitrogens with zero attached hydrogens (tertiary/aromatic N) is 1. The zero-order chi connectivity index (χ0) is 14.4. The topological polar surface area (TPSA) is 64.8 Å². The van der Waals surface area contributed by atoms with Gasteiger partial charge in [-0.25, -0.2) is 0 Å². The molecule has 0 aromatic heterocycles. The van der Waals surface area contributed by atoms with Crippen LogP contribution in [0.15, 0.2) is 0 Å². The first-order chi connectivity index (χ1) is 9.74.